The van der Waals surface area contributed by atoms with Gasteiger partial charge in [0.15, 0.2) is 11.6 Å². The van der Waals surface area contributed by atoms with E-state index in [2.05, 4.69) is 4.98 Å². The van der Waals surface area contributed by atoms with Crippen molar-refractivity contribution in [1.29, 1.82) is 0 Å². The number of aliphatic hydroxyl groups is 1. The highest BCUT2D eigenvalue weighted by atomic mass is 19.2. The summed E-state index contributed by atoms with van der Waals surface area (Å²) in [6.45, 7) is 1.47. The van der Waals surface area contributed by atoms with Gasteiger partial charge in [0.25, 0.3) is 0 Å². The summed E-state index contributed by atoms with van der Waals surface area (Å²) in [7, 11) is 1.91. The second-order valence-electron chi connectivity index (χ2n) is 4.40. The Kier molecular flexibility index (Phi) is 3.93. The summed E-state index contributed by atoms with van der Waals surface area (Å²) in [5.41, 5.74) is 1.56. The Bertz CT molecular complexity index is 539. The van der Waals surface area contributed by atoms with Gasteiger partial charge >= 0.3 is 0 Å². The normalized spacial score (nSPS) is 11.6. The molecule has 0 radical (unpaired) electrons. The number of hydrogen-bond acceptors (Lipinski definition) is 2. The van der Waals surface area contributed by atoms with Gasteiger partial charge in [0.05, 0.1) is 6.61 Å². The maximum Gasteiger partial charge on any atom is 0.160 e. The minimum absolute atomic E-state index is 0.115. The highest BCUT2D eigenvalue weighted by Crippen LogP contribution is 2.22. The van der Waals surface area contributed by atoms with Gasteiger partial charge in [-0.1, -0.05) is 0 Å². The van der Waals surface area contributed by atoms with Crippen molar-refractivity contribution >= 4 is 10.9 Å². The Labute approximate surface area is 104 Å². The highest BCUT2D eigenvalue weighted by Gasteiger charge is 2.09. The largest absolute Gasteiger partial charge is 0.395 e. The van der Waals surface area contributed by atoms with Crippen molar-refractivity contribution in [2.45, 2.75) is 6.42 Å². The zero-order valence-corrected chi connectivity index (χ0v) is 10.2. The molecule has 0 atom stereocenters. The molecule has 0 unspecified atom stereocenters. The van der Waals surface area contributed by atoms with E-state index in [0.717, 1.165) is 18.5 Å². The summed E-state index contributed by atoms with van der Waals surface area (Å²) >= 11 is 0. The lowest BCUT2D eigenvalue weighted by molar-refractivity contribution is 0.223. The maximum absolute atomic E-state index is 13.2. The lowest BCUT2D eigenvalue weighted by Crippen LogP contribution is -2.24. The zero-order valence-electron chi connectivity index (χ0n) is 10.2. The molecule has 0 saturated carbocycles. The molecule has 0 spiro atoms. The first-order chi connectivity index (χ1) is 8.61. The first-order valence-corrected chi connectivity index (χ1v) is 5.86. The SMILES string of the molecule is CN(CCO)CCc1c[nH]c2cc(F)c(F)cc12. The molecule has 18 heavy (non-hydrogen) atoms. The van der Waals surface area contributed by atoms with Crippen molar-refractivity contribution in [2.75, 3.05) is 26.7 Å². The van der Waals surface area contributed by atoms with E-state index in [-0.39, 0.29) is 6.61 Å². The first kappa shape index (κ1) is 13.0. The number of aliphatic hydroxyl groups excluding tert-OH is 1. The fourth-order valence-corrected chi connectivity index (χ4v) is 1.98. The molecule has 5 heteroatoms. The molecule has 2 rings (SSSR count). The van der Waals surface area contributed by atoms with Gasteiger partial charge in [-0.25, -0.2) is 8.78 Å². The van der Waals surface area contributed by atoms with Crippen molar-refractivity contribution in [1.82, 2.24) is 9.88 Å². The third-order valence-corrected chi connectivity index (χ3v) is 3.05. The number of halogens is 2. The Hall–Kier alpha value is -1.46. The number of aromatic nitrogens is 1. The number of aromatic amines is 1. The summed E-state index contributed by atoms with van der Waals surface area (Å²) in [5, 5.41) is 9.51. The number of H-pyrrole nitrogens is 1. The van der Waals surface area contributed by atoms with Crippen LogP contribution in [0, 0.1) is 11.6 Å². The molecule has 0 aliphatic rings. The van der Waals surface area contributed by atoms with Crippen LogP contribution in [0.1, 0.15) is 5.56 Å². The average molecular weight is 254 g/mol. The van der Waals surface area contributed by atoms with Crippen LogP contribution >= 0.6 is 0 Å². The molecule has 0 amide bonds. The number of nitrogens with one attached hydrogen (secondary N) is 1. The van der Waals surface area contributed by atoms with Crippen molar-refractivity contribution in [3.8, 4) is 0 Å². The van der Waals surface area contributed by atoms with Crippen molar-refractivity contribution in [3.63, 3.8) is 0 Å². The van der Waals surface area contributed by atoms with Crippen molar-refractivity contribution in [2.24, 2.45) is 0 Å². The second-order valence-corrected chi connectivity index (χ2v) is 4.40. The smallest absolute Gasteiger partial charge is 0.160 e. The molecular weight excluding hydrogens is 238 g/mol. The molecule has 0 bridgehead atoms. The lowest BCUT2D eigenvalue weighted by Gasteiger charge is -2.14. The molecule has 3 nitrogen and oxygen atoms in total. The van der Waals surface area contributed by atoms with E-state index < -0.39 is 11.6 Å². The van der Waals surface area contributed by atoms with Crippen LogP contribution < -0.4 is 0 Å². The van der Waals surface area contributed by atoms with Gasteiger partial charge in [0.1, 0.15) is 0 Å². The number of hydrogen-bond donors (Lipinski definition) is 2. The predicted molar refractivity (Wildman–Crippen MR) is 66.5 cm³/mol. The van der Waals surface area contributed by atoms with Crippen LogP contribution in [0.5, 0.6) is 0 Å². The van der Waals surface area contributed by atoms with E-state index >= 15 is 0 Å². The minimum Gasteiger partial charge on any atom is -0.395 e. The van der Waals surface area contributed by atoms with E-state index in [1.54, 1.807) is 6.20 Å². The topological polar surface area (TPSA) is 39.3 Å². The molecule has 0 aliphatic heterocycles. The molecule has 2 aromatic rings. The first-order valence-electron chi connectivity index (χ1n) is 5.86. The van der Waals surface area contributed by atoms with Gasteiger partial charge in [0.2, 0.25) is 0 Å². The summed E-state index contributed by atoms with van der Waals surface area (Å²) in [6.07, 6.45) is 2.50. The van der Waals surface area contributed by atoms with Gasteiger partial charge in [-0.2, -0.15) is 0 Å². The third kappa shape index (κ3) is 2.68. The van der Waals surface area contributed by atoms with Crippen LogP contribution in [-0.2, 0) is 6.42 Å². The van der Waals surface area contributed by atoms with Crippen LogP contribution in [-0.4, -0.2) is 41.7 Å². The Morgan fingerprint density at radius 3 is 2.67 bits per heavy atom. The fourth-order valence-electron chi connectivity index (χ4n) is 1.98. The van der Waals surface area contributed by atoms with E-state index in [1.807, 2.05) is 11.9 Å². The summed E-state index contributed by atoms with van der Waals surface area (Å²) in [4.78, 5) is 4.92. The molecule has 2 N–H and O–H groups in total. The molecular formula is C13H16F2N2O. The van der Waals surface area contributed by atoms with Crippen LogP contribution in [0.2, 0.25) is 0 Å². The average Bonchev–Trinajstić information content (AvgIpc) is 2.70. The molecule has 0 aliphatic carbocycles. The molecule has 1 aromatic heterocycles. The Balaban J connectivity index is 2.16. The van der Waals surface area contributed by atoms with Crippen molar-refractivity contribution in [3.05, 3.63) is 35.5 Å². The van der Waals surface area contributed by atoms with Gasteiger partial charge in [-0.05, 0) is 25.1 Å². The molecule has 1 aromatic carbocycles. The number of benzene rings is 1. The van der Waals surface area contributed by atoms with Gasteiger partial charge in [-0.15, -0.1) is 0 Å². The van der Waals surface area contributed by atoms with Gasteiger partial charge < -0.3 is 15.0 Å². The Morgan fingerprint density at radius 2 is 1.94 bits per heavy atom. The van der Waals surface area contributed by atoms with E-state index in [1.165, 1.54) is 12.1 Å². The molecule has 98 valence electrons. The molecule has 0 saturated heterocycles. The van der Waals surface area contributed by atoms with Crippen LogP contribution in [0.15, 0.2) is 18.3 Å². The zero-order chi connectivity index (χ0) is 13.1. The standard InChI is InChI=1S/C13H16F2N2O/c1-17(4-5-18)3-2-9-8-16-13-7-12(15)11(14)6-10(9)13/h6-8,16,18H,2-5H2,1H3. The van der Waals surface area contributed by atoms with Crippen LogP contribution in [0.3, 0.4) is 0 Å². The predicted octanol–water partition coefficient (Wildman–Crippen LogP) is 1.91. The fraction of sp³-hybridized carbons (Fsp3) is 0.385. The molecule has 1 heterocycles. The van der Waals surface area contributed by atoms with E-state index in [9.17, 15) is 8.78 Å². The number of nitrogens with zero attached hydrogens (tertiary/aromatic N) is 1. The van der Waals surface area contributed by atoms with Crippen molar-refractivity contribution < 1.29 is 13.9 Å². The number of fused-ring (bicyclic) bond motifs is 1. The monoisotopic (exact) mass is 254 g/mol. The molecule has 0 fully saturated rings. The van der Waals surface area contributed by atoms with Crippen LogP contribution in [0.25, 0.3) is 10.9 Å². The maximum atomic E-state index is 13.2. The lowest BCUT2D eigenvalue weighted by atomic mass is 10.1. The summed E-state index contributed by atoms with van der Waals surface area (Å²) < 4.78 is 26.2. The summed E-state index contributed by atoms with van der Waals surface area (Å²) in [6, 6.07) is 2.40. The minimum atomic E-state index is -0.840. The Morgan fingerprint density at radius 1 is 1.22 bits per heavy atom. The summed E-state index contributed by atoms with van der Waals surface area (Å²) in [5.74, 6) is -1.67. The van der Waals surface area contributed by atoms with Gasteiger partial charge in [0, 0.05) is 36.3 Å². The highest BCUT2D eigenvalue weighted by molar-refractivity contribution is 5.83. The van der Waals surface area contributed by atoms with Gasteiger partial charge in [-0.3, -0.25) is 0 Å². The number of likely N-dealkylation sites (N-methyl/N-ethyl adjacent to an activating group) is 1. The third-order valence-electron chi connectivity index (χ3n) is 3.05. The van der Waals surface area contributed by atoms with Crippen LogP contribution in [0.4, 0.5) is 8.78 Å². The quantitative estimate of drug-likeness (QED) is 0.855. The second kappa shape index (κ2) is 5.46. The van der Waals surface area contributed by atoms with E-state index in [0.29, 0.717) is 17.4 Å². The number of rotatable bonds is 5. The van der Waals surface area contributed by atoms with E-state index in [4.69, 9.17) is 5.11 Å².